The Hall–Kier alpha value is -1.95. The van der Waals surface area contributed by atoms with Gasteiger partial charge in [-0.05, 0) is 31.9 Å². The lowest BCUT2D eigenvalue weighted by molar-refractivity contribution is 0.175. The van der Waals surface area contributed by atoms with Gasteiger partial charge in [0.25, 0.3) is 5.89 Å². The normalized spacial score (nSPS) is 18.6. The minimum Gasteiger partial charge on any atom is -0.481 e. The fourth-order valence-electron chi connectivity index (χ4n) is 2.63. The van der Waals surface area contributed by atoms with Crippen molar-refractivity contribution < 1.29 is 13.7 Å². The van der Waals surface area contributed by atoms with Crippen molar-refractivity contribution in [1.29, 1.82) is 0 Å². The molecule has 1 heterocycles. The van der Waals surface area contributed by atoms with Crippen LogP contribution in [0.3, 0.4) is 0 Å². The Labute approximate surface area is 122 Å². The molecule has 0 spiro atoms. The SMILES string of the molecule is CC(Oc1cccc(F)c1)c1nc(C2(N)CCCC2)no1. The number of nitrogens with zero attached hydrogens (tertiary/aromatic N) is 2. The first-order chi connectivity index (χ1) is 10.1. The molecule has 6 heteroatoms. The van der Waals surface area contributed by atoms with Crippen LogP contribution < -0.4 is 10.5 Å². The molecule has 2 aromatic rings. The number of nitrogens with two attached hydrogens (primary N) is 1. The van der Waals surface area contributed by atoms with E-state index >= 15 is 0 Å². The topological polar surface area (TPSA) is 74.2 Å². The maximum atomic E-state index is 13.1. The van der Waals surface area contributed by atoms with Gasteiger partial charge in [-0.1, -0.05) is 24.1 Å². The van der Waals surface area contributed by atoms with Gasteiger partial charge in [-0.15, -0.1) is 0 Å². The Morgan fingerprint density at radius 1 is 1.38 bits per heavy atom. The summed E-state index contributed by atoms with van der Waals surface area (Å²) in [7, 11) is 0. The molecular formula is C15H18FN3O2. The van der Waals surface area contributed by atoms with E-state index in [1.165, 1.54) is 12.1 Å². The van der Waals surface area contributed by atoms with Crippen molar-refractivity contribution in [1.82, 2.24) is 10.1 Å². The van der Waals surface area contributed by atoms with Gasteiger partial charge in [-0.3, -0.25) is 0 Å². The number of ether oxygens (including phenoxy) is 1. The molecule has 1 aliphatic rings. The fraction of sp³-hybridized carbons (Fsp3) is 0.467. The zero-order valence-corrected chi connectivity index (χ0v) is 11.9. The standard InChI is InChI=1S/C15H18FN3O2/c1-10(20-12-6-4-5-11(16)9-12)13-18-14(19-21-13)15(17)7-2-3-8-15/h4-6,9-10H,2-3,7-8,17H2,1H3. The number of halogens is 1. The highest BCUT2D eigenvalue weighted by atomic mass is 19.1. The second-order valence-corrected chi connectivity index (χ2v) is 5.54. The minimum absolute atomic E-state index is 0.349. The summed E-state index contributed by atoms with van der Waals surface area (Å²) in [6, 6.07) is 5.94. The molecule has 0 aliphatic heterocycles. The molecule has 1 aromatic carbocycles. The second kappa shape index (κ2) is 5.44. The zero-order chi connectivity index (χ0) is 14.9. The molecule has 2 N–H and O–H groups in total. The van der Waals surface area contributed by atoms with Crippen LogP contribution in [-0.2, 0) is 5.54 Å². The van der Waals surface area contributed by atoms with Gasteiger partial charge in [-0.2, -0.15) is 4.98 Å². The molecule has 0 bridgehead atoms. The zero-order valence-electron chi connectivity index (χ0n) is 11.9. The van der Waals surface area contributed by atoms with Gasteiger partial charge >= 0.3 is 0 Å². The van der Waals surface area contributed by atoms with Crippen molar-refractivity contribution >= 4 is 0 Å². The first-order valence-electron chi connectivity index (χ1n) is 7.12. The van der Waals surface area contributed by atoms with Crippen molar-refractivity contribution in [3.63, 3.8) is 0 Å². The van der Waals surface area contributed by atoms with Crippen molar-refractivity contribution in [2.75, 3.05) is 0 Å². The number of hydrogen-bond donors (Lipinski definition) is 1. The molecule has 1 unspecified atom stereocenters. The van der Waals surface area contributed by atoms with E-state index in [2.05, 4.69) is 10.1 Å². The molecule has 1 fully saturated rings. The maximum absolute atomic E-state index is 13.1. The van der Waals surface area contributed by atoms with Gasteiger partial charge < -0.3 is 15.0 Å². The lowest BCUT2D eigenvalue weighted by Gasteiger charge is -2.17. The number of rotatable bonds is 4. The van der Waals surface area contributed by atoms with Crippen LogP contribution in [-0.4, -0.2) is 10.1 Å². The Morgan fingerprint density at radius 2 is 2.14 bits per heavy atom. The minimum atomic E-state index is -0.486. The molecule has 3 rings (SSSR count). The first kappa shape index (κ1) is 14.0. The van der Waals surface area contributed by atoms with E-state index in [1.807, 2.05) is 0 Å². The molecule has 1 aliphatic carbocycles. The third-order valence-corrected chi connectivity index (χ3v) is 3.84. The molecule has 1 atom stereocenters. The largest absolute Gasteiger partial charge is 0.481 e. The second-order valence-electron chi connectivity index (χ2n) is 5.54. The van der Waals surface area contributed by atoms with Gasteiger partial charge in [0.2, 0.25) is 0 Å². The molecule has 112 valence electrons. The predicted molar refractivity (Wildman–Crippen MR) is 74.1 cm³/mol. The molecule has 1 saturated carbocycles. The Morgan fingerprint density at radius 3 is 2.86 bits per heavy atom. The number of benzene rings is 1. The number of aromatic nitrogens is 2. The first-order valence-corrected chi connectivity index (χ1v) is 7.12. The lowest BCUT2D eigenvalue weighted by Crippen LogP contribution is -2.34. The highest BCUT2D eigenvalue weighted by molar-refractivity contribution is 5.23. The summed E-state index contributed by atoms with van der Waals surface area (Å²) in [6.07, 6.45) is 3.43. The van der Waals surface area contributed by atoms with Crippen LogP contribution in [0.5, 0.6) is 5.75 Å². The van der Waals surface area contributed by atoms with E-state index < -0.39 is 11.6 Å². The number of hydrogen-bond acceptors (Lipinski definition) is 5. The van der Waals surface area contributed by atoms with Crippen LogP contribution in [0, 0.1) is 5.82 Å². The van der Waals surface area contributed by atoms with Gasteiger partial charge in [0, 0.05) is 6.07 Å². The van der Waals surface area contributed by atoms with E-state index in [4.69, 9.17) is 15.0 Å². The molecule has 0 amide bonds. The van der Waals surface area contributed by atoms with Gasteiger partial charge in [0.15, 0.2) is 11.9 Å². The van der Waals surface area contributed by atoms with E-state index in [-0.39, 0.29) is 5.82 Å². The average Bonchev–Trinajstić information content (AvgIpc) is 3.08. The van der Waals surface area contributed by atoms with Crippen LogP contribution in [0.25, 0.3) is 0 Å². The molecule has 1 aromatic heterocycles. The third-order valence-electron chi connectivity index (χ3n) is 3.84. The van der Waals surface area contributed by atoms with E-state index in [1.54, 1.807) is 19.1 Å². The van der Waals surface area contributed by atoms with Crippen molar-refractivity contribution in [2.24, 2.45) is 5.73 Å². The average molecular weight is 291 g/mol. The summed E-state index contributed by atoms with van der Waals surface area (Å²) >= 11 is 0. The summed E-state index contributed by atoms with van der Waals surface area (Å²) in [5.74, 6) is 0.957. The Bertz CT molecular complexity index is 623. The monoisotopic (exact) mass is 291 g/mol. The van der Waals surface area contributed by atoms with Gasteiger partial charge in [0.05, 0.1) is 5.54 Å². The van der Waals surface area contributed by atoms with Crippen LogP contribution in [0.2, 0.25) is 0 Å². The summed E-state index contributed by atoms with van der Waals surface area (Å²) in [5, 5.41) is 3.99. The van der Waals surface area contributed by atoms with E-state index in [0.717, 1.165) is 25.7 Å². The van der Waals surface area contributed by atoms with Crippen molar-refractivity contribution in [3.8, 4) is 5.75 Å². The highest BCUT2D eigenvalue weighted by Gasteiger charge is 2.36. The molecule has 21 heavy (non-hydrogen) atoms. The van der Waals surface area contributed by atoms with Crippen molar-refractivity contribution in [3.05, 3.63) is 41.8 Å². The smallest absolute Gasteiger partial charge is 0.267 e. The van der Waals surface area contributed by atoms with E-state index in [0.29, 0.717) is 17.5 Å². The maximum Gasteiger partial charge on any atom is 0.267 e. The predicted octanol–water partition coefficient (Wildman–Crippen LogP) is 3.08. The van der Waals surface area contributed by atoms with Crippen LogP contribution in [0.1, 0.15) is 50.4 Å². The van der Waals surface area contributed by atoms with Crippen LogP contribution in [0.15, 0.2) is 28.8 Å². The van der Waals surface area contributed by atoms with Gasteiger partial charge in [0.1, 0.15) is 11.6 Å². The third kappa shape index (κ3) is 2.90. The van der Waals surface area contributed by atoms with E-state index in [9.17, 15) is 4.39 Å². The molecule has 0 saturated heterocycles. The highest BCUT2D eigenvalue weighted by Crippen LogP contribution is 2.35. The van der Waals surface area contributed by atoms with Crippen molar-refractivity contribution in [2.45, 2.75) is 44.2 Å². The molecule has 0 radical (unpaired) electrons. The molecule has 5 nitrogen and oxygen atoms in total. The quantitative estimate of drug-likeness (QED) is 0.937. The Balaban J connectivity index is 1.73. The summed E-state index contributed by atoms with van der Waals surface area (Å²) in [4.78, 5) is 4.36. The summed E-state index contributed by atoms with van der Waals surface area (Å²) in [6.45, 7) is 1.78. The summed E-state index contributed by atoms with van der Waals surface area (Å²) < 4.78 is 24.0. The van der Waals surface area contributed by atoms with Gasteiger partial charge in [-0.25, -0.2) is 4.39 Å². The van der Waals surface area contributed by atoms with Crippen LogP contribution in [0.4, 0.5) is 4.39 Å². The van der Waals surface area contributed by atoms with Crippen LogP contribution >= 0.6 is 0 Å². The molecular weight excluding hydrogens is 273 g/mol. The summed E-state index contributed by atoms with van der Waals surface area (Å²) in [5.41, 5.74) is 5.81. The Kier molecular flexibility index (Phi) is 3.63. The fourth-order valence-corrected chi connectivity index (χ4v) is 2.63. The lowest BCUT2D eigenvalue weighted by atomic mass is 9.99.